The van der Waals surface area contributed by atoms with Crippen molar-refractivity contribution in [3.8, 4) is 0 Å². The zero-order valence-corrected chi connectivity index (χ0v) is 8.74. The summed E-state index contributed by atoms with van der Waals surface area (Å²) in [6.07, 6.45) is -0.0931. The second-order valence-electron chi connectivity index (χ2n) is 2.82. The van der Waals surface area contributed by atoms with Gasteiger partial charge >= 0.3 is 11.9 Å². The maximum absolute atomic E-state index is 11.3. The summed E-state index contributed by atoms with van der Waals surface area (Å²) in [6, 6.07) is 8.68. The molecule has 0 bridgehead atoms. The van der Waals surface area contributed by atoms with Crippen molar-refractivity contribution < 1.29 is 14.3 Å². The van der Waals surface area contributed by atoms with Crippen LogP contribution in [0.2, 0.25) is 0 Å². The molecule has 0 heterocycles. The number of ether oxygens (including phenoxy) is 1. The first-order valence-corrected chi connectivity index (χ1v) is 4.81. The Labute approximate surface area is 93.0 Å². The van der Waals surface area contributed by atoms with Crippen LogP contribution >= 0.6 is 11.6 Å². The highest BCUT2D eigenvalue weighted by Crippen LogP contribution is 2.21. The molecule has 0 spiro atoms. The average Bonchev–Trinajstić information content (AvgIpc) is 2.29. The fourth-order valence-corrected chi connectivity index (χ4v) is 1.16. The third-order valence-electron chi connectivity index (χ3n) is 1.72. The fourth-order valence-electron chi connectivity index (χ4n) is 0.973. The maximum atomic E-state index is 11.3. The first kappa shape index (κ1) is 11.7. The van der Waals surface area contributed by atoms with E-state index in [1.165, 1.54) is 0 Å². The lowest BCUT2D eigenvalue weighted by molar-refractivity contribution is -0.158. The molecule has 1 rings (SSSR count). The van der Waals surface area contributed by atoms with Crippen molar-refractivity contribution in [3.05, 3.63) is 42.8 Å². The third kappa shape index (κ3) is 3.36. The van der Waals surface area contributed by atoms with Gasteiger partial charge in [-0.05, 0) is 12.5 Å². The van der Waals surface area contributed by atoms with E-state index in [2.05, 4.69) is 11.7 Å². The molecule has 1 aromatic rings. The summed E-state index contributed by atoms with van der Waals surface area (Å²) in [5, 5.41) is -0.957. The summed E-state index contributed by atoms with van der Waals surface area (Å²) in [6.45, 7) is 3.30. The normalized spacial score (nSPS) is 11.9. The van der Waals surface area contributed by atoms with Gasteiger partial charge in [0.25, 0.3) is 0 Å². The van der Waals surface area contributed by atoms with Crippen molar-refractivity contribution in [3.63, 3.8) is 0 Å². The Morgan fingerprint density at radius 2 is 1.93 bits per heavy atom. The third-order valence-corrected chi connectivity index (χ3v) is 2.15. The lowest BCUT2D eigenvalue weighted by Crippen LogP contribution is -2.15. The smallest absolute Gasteiger partial charge is 0.336 e. The first-order valence-electron chi connectivity index (χ1n) is 4.38. The maximum Gasteiger partial charge on any atom is 0.336 e. The molecule has 0 aliphatic carbocycles. The Bertz CT molecular complexity index is 348. The van der Waals surface area contributed by atoms with E-state index >= 15 is 0 Å². The van der Waals surface area contributed by atoms with E-state index in [9.17, 15) is 9.59 Å². The van der Waals surface area contributed by atoms with Gasteiger partial charge in [0.15, 0.2) is 5.38 Å². The molecule has 1 unspecified atom stereocenters. The van der Waals surface area contributed by atoms with Crippen molar-refractivity contribution in [1.29, 1.82) is 0 Å². The van der Waals surface area contributed by atoms with Gasteiger partial charge in [0.05, 0.1) is 0 Å². The van der Waals surface area contributed by atoms with E-state index in [4.69, 9.17) is 11.6 Å². The molecule has 1 radical (unpaired) electrons. The molecular formula is C11H10ClO3. The topological polar surface area (TPSA) is 43.4 Å². The van der Waals surface area contributed by atoms with Gasteiger partial charge in [0.2, 0.25) is 0 Å². The van der Waals surface area contributed by atoms with Gasteiger partial charge in [-0.2, -0.15) is 0 Å². The second-order valence-corrected chi connectivity index (χ2v) is 3.25. The van der Waals surface area contributed by atoms with Crippen molar-refractivity contribution in [2.45, 2.75) is 11.8 Å². The van der Waals surface area contributed by atoms with Crippen molar-refractivity contribution in [2.24, 2.45) is 0 Å². The summed E-state index contributed by atoms with van der Waals surface area (Å²) in [4.78, 5) is 22.1. The Balaban J connectivity index is 2.65. The van der Waals surface area contributed by atoms with Gasteiger partial charge in [0.1, 0.15) is 0 Å². The quantitative estimate of drug-likeness (QED) is 0.450. The van der Waals surface area contributed by atoms with Gasteiger partial charge in [-0.25, -0.2) is 4.79 Å². The Hall–Kier alpha value is -1.35. The number of hydrogen-bond acceptors (Lipinski definition) is 3. The van der Waals surface area contributed by atoms with E-state index < -0.39 is 17.3 Å². The number of benzene rings is 1. The monoisotopic (exact) mass is 225 g/mol. The molecule has 1 aromatic carbocycles. The summed E-state index contributed by atoms with van der Waals surface area (Å²) in [5.74, 6) is -1.45. The predicted molar refractivity (Wildman–Crippen MR) is 56.1 cm³/mol. The average molecular weight is 226 g/mol. The molecule has 0 saturated heterocycles. The summed E-state index contributed by atoms with van der Waals surface area (Å²) in [5.41, 5.74) is 0.598. The highest BCUT2D eigenvalue weighted by molar-refractivity contribution is 6.30. The van der Waals surface area contributed by atoms with E-state index in [1.54, 1.807) is 30.3 Å². The second kappa shape index (κ2) is 5.51. The highest BCUT2D eigenvalue weighted by atomic mass is 35.5. The van der Waals surface area contributed by atoms with E-state index in [0.717, 1.165) is 0 Å². The number of esters is 2. The SMILES string of the molecule is [CH2]CC(=O)OC(=O)C(Cl)c1ccccc1. The zero-order valence-electron chi connectivity index (χ0n) is 7.98. The summed E-state index contributed by atoms with van der Waals surface area (Å²) >= 11 is 5.81. The molecule has 0 N–H and O–H groups in total. The molecule has 0 aliphatic rings. The van der Waals surface area contributed by atoms with Gasteiger partial charge in [-0.3, -0.25) is 4.79 Å². The van der Waals surface area contributed by atoms with E-state index in [1.807, 2.05) is 0 Å². The lowest BCUT2D eigenvalue weighted by Gasteiger charge is -2.07. The van der Waals surface area contributed by atoms with Crippen molar-refractivity contribution in [2.75, 3.05) is 0 Å². The fraction of sp³-hybridized carbons (Fsp3) is 0.182. The Kier molecular flexibility index (Phi) is 4.31. The van der Waals surface area contributed by atoms with Crippen molar-refractivity contribution in [1.82, 2.24) is 0 Å². The van der Waals surface area contributed by atoms with E-state index in [0.29, 0.717) is 5.56 Å². The van der Waals surface area contributed by atoms with Gasteiger partial charge in [-0.1, -0.05) is 30.3 Å². The van der Waals surface area contributed by atoms with Crippen LogP contribution < -0.4 is 0 Å². The Morgan fingerprint density at radius 3 is 2.47 bits per heavy atom. The van der Waals surface area contributed by atoms with Crippen LogP contribution in [-0.2, 0) is 14.3 Å². The molecule has 0 aliphatic heterocycles. The highest BCUT2D eigenvalue weighted by Gasteiger charge is 2.21. The van der Waals surface area contributed by atoms with Gasteiger partial charge in [0, 0.05) is 6.42 Å². The van der Waals surface area contributed by atoms with Crippen LogP contribution in [0.4, 0.5) is 0 Å². The molecule has 0 aromatic heterocycles. The number of hydrogen-bond donors (Lipinski definition) is 0. The zero-order chi connectivity index (χ0) is 11.3. The number of alkyl halides is 1. The minimum atomic E-state index is -0.957. The lowest BCUT2D eigenvalue weighted by atomic mass is 10.1. The van der Waals surface area contributed by atoms with Crippen LogP contribution in [0, 0.1) is 6.92 Å². The van der Waals surface area contributed by atoms with Crippen LogP contribution in [0.25, 0.3) is 0 Å². The van der Waals surface area contributed by atoms with Crippen LogP contribution in [0.1, 0.15) is 17.4 Å². The standard InChI is InChI=1S/C11H10ClO3/c1-2-9(13)15-11(14)10(12)8-6-4-3-5-7-8/h3-7,10H,1-2H2. The van der Waals surface area contributed by atoms with Crippen LogP contribution in [0.3, 0.4) is 0 Å². The molecule has 1 atom stereocenters. The van der Waals surface area contributed by atoms with Gasteiger partial charge < -0.3 is 4.74 Å². The first-order chi connectivity index (χ1) is 7.15. The number of halogens is 1. The predicted octanol–water partition coefficient (Wildman–Crippen LogP) is 2.26. The molecule has 0 fully saturated rings. The molecule has 79 valence electrons. The van der Waals surface area contributed by atoms with Crippen molar-refractivity contribution >= 4 is 23.5 Å². The largest absolute Gasteiger partial charge is 0.392 e. The number of carbonyl (C=O) groups excluding carboxylic acids is 2. The van der Waals surface area contributed by atoms with E-state index in [-0.39, 0.29) is 6.42 Å². The van der Waals surface area contributed by atoms with Gasteiger partial charge in [-0.15, -0.1) is 11.6 Å². The van der Waals surface area contributed by atoms with Crippen LogP contribution in [-0.4, -0.2) is 11.9 Å². The molecule has 15 heavy (non-hydrogen) atoms. The molecule has 0 amide bonds. The minimum absolute atomic E-state index is 0.0931. The number of rotatable bonds is 3. The van der Waals surface area contributed by atoms with Crippen LogP contribution in [0.5, 0.6) is 0 Å². The summed E-state index contributed by atoms with van der Waals surface area (Å²) < 4.78 is 4.44. The molecule has 0 saturated carbocycles. The molecule has 4 heteroatoms. The summed E-state index contributed by atoms with van der Waals surface area (Å²) in [7, 11) is 0. The minimum Gasteiger partial charge on any atom is -0.392 e. The molecule has 3 nitrogen and oxygen atoms in total. The van der Waals surface area contributed by atoms with Crippen LogP contribution in [0.15, 0.2) is 30.3 Å². The number of carbonyl (C=O) groups is 2. The molecular weight excluding hydrogens is 216 g/mol. The Morgan fingerprint density at radius 1 is 1.33 bits per heavy atom.